The molecule has 0 aliphatic carbocycles. The zero-order valence-electron chi connectivity index (χ0n) is 18.8. The Morgan fingerprint density at radius 3 is 2.60 bits per heavy atom. The van der Waals surface area contributed by atoms with Crippen LogP contribution in [-0.2, 0) is 22.5 Å². The van der Waals surface area contributed by atoms with Crippen LogP contribution in [0, 0.1) is 6.92 Å². The maximum Gasteiger partial charge on any atom is 0.305 e. The molecule has 0 N–H and O–H groups in total. The first-order chi connectivity index (χ1) is 14.5. The molecule has 0 aliphatic rings. The van der Waals surface area contributed by atoms with Crippen LogP contribution in [0.5, 0.6) is 5.75 Å². The molecular weight excluding hydrogens is 374 g/mol. The zero-order valence-corrected chi connectivity index (χ0v) is 18.8. The second kappa shape index (κ2) is 9.84. The Morgan fingerprint density at radius 2 is 1.90 bits per heavy atom. The predicted octanol–water partition coefficient (Wildman–Crippen LogP) is 6.02. The molecule has 0 amide bonds. The molecule has 0 saturated heterocycles. The molecule has 160 valence electrons. The van der Waals surface area contributed by atoms with Crippen molar-refractivity contribution in [3.8, 4) is 5.75 Å². The molecule has 30 heavy (non-hydrogen) atoms. The number of nitrogens with zero attached hydrogens (tertiary/aromatic N) is 1. The van der Waals surface area contributed by atoms with Gasteiger partial charge >= 0.3 is 5.97 Å². The summed E-state index contributed by atoms with van der Waals surface area (Å²) in [6, 6.07) is 15.0. The first-order valence-electron chi connectivity index (χ1n) is 10.8. The first kappa shape index (κ1) is 21.9. The summed E-state index contributed by atoms with van der Waals surface area (Å²) in [5, 5.41) is 1.27. The summed E-state index contributed by atoms with van der Waals surface area (Å²) in [7, 11) is 1.73. The van der Waals surface area contributed by atoms with Gasteiger partial charge in [-0.1, -0.05) is 44.2 Å². The smallest absolute Gasteiger partial charge is 0.305 e. The van der Waals surface area contributed by atoms with Gasteiger partial charge in [-0.05, 0) is 61.4 Å². The molecule has 3 aromatic rings. The van der Waals surface area contributed by atoms with Crippen molar-refractivity contribution < 1.29 is 14.3 Å². The van der Waals surface area contributed by atoms with E-state index < -0.39 is 0 Å². The minimum absolute atomic E-state index is 0.113. The summed E-state index contributed by atoms with van der Waals surface area (Å²) in [4.78, 5) is 11.7. The predicted molar refractivity (Wildman–Crippen MR) is 122 cm³/mol. The van der Waals surface area contributed by atoms with Crippen LogP contribution in [-0.4, -0.2) is 24.3 Å². The summed E-state index contributed by atoms with van der Waals surface area (Å²) in [5.74, 6) is 1.24. The van der Waals surface area contributed by atoms with E-state index >= 15 is 0 Å². The average molecular weight is 408 g/mol. The Bertz CT molecular complexity index is 1020. The largest absolute Gasteiger partial charge is 0.496 e. The third kappa shape index (κ3) is 4.69. The number of hydrogen-bond acceptors (Lipinski definition) is 3. The van der Waals surface area contributed by atoms with Gasteiger partial charge in [0.15, 0.2) is 0 Å². The van der Waals surface area contributed by atoms with E-state index in [2.05, 4.69) is 67.8 Å². The third-order valence-corrected chi connectivity index (χ3v) is 5.73. The van der Waals surface area contributed by atoms with Crippen molar-refractivity contribution in [3.05, 3.63) is 64.8 Å². The molecule has 0 saturated carbocycles. The van der Waals surface area contributed by atoms with Crippen LogP contribution in [0.1, 0.15) is 61.9 Å². The number of rotatable bonds is 9. The lowest BCUT2D eigenvalue weighted by atomic mass is 9.99. The summed E-state index contributed by atoms with van der Waals surface area (Å²) in [6.45, 7) is 9.68. The molecule has 0 aliphatic heterocycles. The molecule has 0 atom stereocenters. The van der Waals surface area contributed by atoms with Gasteiger partial charge in [-0.2, -0.15) is 0 Å². The van der Waals surface area contributed by atoms with E-state index in [4.69, 9.17) is 9.47 Å². The van der Waals surface area contributed by atoms with E-state index in [1.807, 2.05) is 6.92 Å². The number of aromatic nitrogens is 1. The highest BCUT2D eigenvalue weighted by atomic mass is 16.5. The van der Waals surface area contributed by atoms with E-state index in [-0.39, 0.29) is 5.97 Å². The monoisotopic (exact) mass is 407 g/mol. The molecule has 0 spiro atoms. The fourth-order valence-corrected chi connectivity index (χ4v) is 4.18. The van der Waals surface area contributed by atoms with Crippen LogP contribution in [0.3, 0.4) is 0 Å². The number of hydrogen-bond donors (Lipinski definition) is 0. The molecule has 1 aromatic heterocycles. The van der Waals surface area contributed by atoms with E-state index in [1.54, 1.807) is 7.11 Å². The number of carbonyl (C=O) groups excluding carboxylic acids is 1. The summed E-state index contributed by atoms with van der Waals surface area (Å²) in [6.07, 6.45) is 2.13. The van der Waals surface area contributed by atoms with Crippen LogP contribution in [0.2, 0.25) is 0 Å². The fraction of sp³-hybridized carbons (Fsp3) is 0.423. The fourth-order valence-electron chi connectivity index (χ4n) is 4.18. The van der Waals surface area contributed by atoms with Crippen LogP contribution in [0.25, 0.3) is 10.9 Å². The lowest BCUT2D eigenvalue weighted by Gasteiger charge is -2.15. The molecule has 4 heteroatoms. The lowest BCUT2D eigenvalue weighted by Crippen LogP contribution is -2.05. The number of aryl methyl sites for hydroxylation is 1. The topological polar surface area (TPSA) is 40.5 Å². The Hall–Kier alpha value is -2.75. The highest BCUT2D eigenvalue weighted by molar-refractivity contribution is 5.85. The third-order valence-electron chi connectivity index (χ3n) is 5.73. The number of para-hydroxylation sites is 1. The van der Waals surface area contributed by atoms with Crippen LogP contribution >= 0.6 is 0 Å². The van der Waals surface area contributed by atoms with Gasteiger partial charge in [-0.3, -0.25) is 4.79 Å². The number of fused-ring (bicyclic) bond motifs is 1. The quantitative estimate of drug-likeness (QED) is 0.408. The number of esters is 1. The van der Waals surface area contributed by atoms with Crippen molar-refractivity contribution in [1.82, 2.24) is 4.57 Å². The SMILES string of the molecule is CCOC(=O)CCCc1c(C)n(Cc2ccc(OC)c(C(C)C)c2)c2ccccc12. The molecule has 4 nitrogen and oxygen atoms in total. The van der Waals surface area contributed by atoms with Crippen LogP contribution < -0.4 is 4.74 Å². The minimum Gasteiger partial charge on any atom is -0.496 e. The Balaban J connectivity index is 1.91. The van der Waals surface area contributed by atoms with E-state index in [0.29, 0.717) is 18.9 Å². The Kier molecular flexibility index (Phi) is 7.20. The van der Waals surface area contributed by atoms with E-state index in [0.717, 1.165) is 25.1 Å². The highest BCUT2D eigenvalue weighted by Crippen LogP contribution is 2.31. The molecule has 2 aromatic carbocycles. The summed E-state index contributed by atoms with van der Waals surface area (Å²) < 4.78 is 13.0. The molecular formula is C26H33NO3. The second-order valence-corrected chi connectivity index (χ2v) is 8.06. The number of carbonyl (C=O) groups is 1. The van der Waals surface area contributed by atoms with Crippen molar-refractivity contribution in [2.75, 3.05) is 13.7 Å². The maximum atomic E-state index is 11.7. The first-order valence-corrected chi connectivity index (χ1v) is 10.8. The number of benzene rings is 2. The van der Waals surface area contributed by atoms with Crippen molar-refractivity contribution in [1.29, 1.82) is 0 Å². The molecule has 3 rings (SSSR count). The van der Waals surface area contributed by atoms with Gasteiger partial charge in [0.25, 0.3) is 0 Å². The number of ether oxygens (including phenoxy) is 2. The Morgan fingerprint density at radius 1 is 1.13 bits per heavy atom. The van der Waals surface area contributed by atoms with Crippen molar-refractivity contribution in [2.24, 2.45) is 0 Å². The maximum absolute atomic E-state index is 11.7. The highest BCUT2D eigenvalue weighted by Gasteiger charge is 2.16. The zero-order chi connectivity index (χ0) is 21.7. The van der Waals surface area contributed by atoms with Crippen molar-refractivity contribution in [3.63, 3.8) is 0 Å². The minimum atomic E-state index is -0.113. The van der Waals surface area contributed by atoms with E-state index in [9.17, 15) is 4.79 Å². The van der Waals surface area contributed by atoms with Gasteiger partial charge < -0.3 is 14.0 Å². The average Bonchev–Trinajstić information content (AvgIpc) is 3.00. The van der Waals surface area contributed by atoms with Gasteiger partial charge in [-0.25, -0.2) is 0 Å². The standard InChI is InChI=1S/C26H33NO3/c1-6-30-26(28)13-9-11-21-19(4)27(24-12-8-7-10-22(21)24)17-20-14-15-25(29-5)23(16-20)18(2)3/h7-8,10,12,14-16,18H,6,9,11,13,17H2,1-5H3. The lowest BCUT2D eigenvalue weighted by molar-refractivity contribution is -0.143. The summed E-state index contributed by atoms with van der Waals surface area (Å²) in [5.41, 5.74) is 6.33. The number of methoxy groups -OCH3 is 1. The van der Waals surface area contributed by atoms with Crippen molar-refractivity contribution >= 4 is 16.9 Å². The van der Waals surface area contributed by atoms with Gasteiger partial charge in [0.05, 0.1) is 13.7 Å². The van der Waals surface area contributed by atoms with Crippen LogP contribution in [0.15, 0.2) is 42.5 Å². The normalized spacial score (nSPS) is 11.3. The molecule has 1 heterocycles. The van der Waals surface area contributed by atoms with E-state index in [1.165, 1.54) is 33.3 Å². The molecule has 0 unspecified atom stereocenters. The van der Waals surface area contributed by atoms with Crippen LogP contribution in [0.4, 0.5) is 0 Å². The van der Waals surface area contributed by atoms with Gasteiger partial charge in [0, 0.05) is 29.6 Å². The molecule has 0 radical (unpaired) electrons. The second-order valence-electron chi connectivity index (χ2n) is 8.06. The molecule has 0 bridgehead atoms. The van der Waals surface area contributed by atoms with Gasteiger partial charge in [-0.15, -0.1) is 0 Å². The summed E-state index contributed by atoms with van der Waals surface area (Å²) >= 11 is 0. The van der Waals surface area contributed by atoms with Crippen molar-refractivity contribution in [2.45, 2.75) is 59.4 Å². The Labute approximate surface area is 179 Å². The van der Waals surface area contributed by atoms with Gasteiger partial charge in [0.1, 0.15) is 5.75 Å². The molecule has 0 fully saturated rings. The van der Waals surface area contributed by atoms with Gasteiger partial charge in [0.2, 0.25) is 0 Å².